The van der Waals surface area contributed by atoms with E-state index in [0.29, 0.717) is 12.2 Å². The van der Waals surface area contributed by atoms with Gasteiger partial charge in [-0.1, -0.05) is 12.1 Å². The van der Waals surface area contributed by atoms with E-state index in [1.165, 1.54) is 25.3 Å². The highest BCUT2D eigenvalue weighted by Gasteiger charge is 2.45. The van der Waals surface area contributed by atoms with E-state index in [1.807, 2.05) is 0 Å². The Kier molecular flexibility index (Phi) is 4.92. The van der Waals surface area contributed by atoms with Crippen molar-refractivity contribution >= 4 is 11.7 Å². The van der Waals surface area contributed by atoms with Gasteiger partial charge in [0.25, 0.3) is 5.91 Å². The molecular formula is C15H15F3N2O3. The molecule has 2 N–H and O–H groups in total. The van der Waals surface area contributed by atoms with Gasteiger partial charge < -0.3 is 10.2 Å². The molecule has 1 atom stereocenters. The molecule has 0 aliphatic heterocycles. The second kappa shape index (κ2) is 6.72. The molecule has 0 saturated carbocycles. The minimum Gasteiger partial charge on any atom is -0.497 e. The van der Waals surface area contributed by atoms with E-state index in [1.54, 1.807) is 12.1 Å². The Labute approximate surface area is 130 Å². The van der Waals surface area contributed by atoms with Gasteiger partial charge >= 0.3 is 6.18 Å². The average molecular weight is 328 g/mol. The number of hydrogen-bond donors (Lipinski definition) is 2. The van der Waals surface area contributed by atoms with Gasteiger partial charge in [-0.3, -0.25) is 15.0 Å². The van der Waals surface area contributed by atoms with E-state index in [0.717, 1.165) is 0 Å². The van der Waals surface area contributed by atoms with Gasteiger partial charge in [-0.15, -0.1) is 0 Å². The summed E-state index contributed by atoms with van der Waals surface area (Å²) in [5.41, 5.74) is 5.05. The fourth-order valence-corrected chi connectivity index (χ4v) is 2.28. The number of hydrogen-bond acceptors (Lipinski definition) is 4. The summed E-state index contributed by atoms with van der Waals surface area (Å²) in [6.45, 7) is 0. The molecule has 0 bridgehead atoms. The van der Waals surface area contributed by atoms with Crippen LogP contribution in [-0.2, 0) is 4.79 Å². The Morgan fingerprint density at radius 3 is 2.70 bits per heavy atom. The van der Waals surface area contributed by atoms with Gasteiger partial charge in [0.15, 0.2) is 0 Å². The Bertz CT molecular complexity index is 641. The second-order valence-corrected chi connectivity index (χ2v) is 4.96. The molecule has 0 unspecified atom stereocenters. The third kappa shape index (κ3) is 4.02. The molecule has 1 aromatic rings. The smallest absolute Gasteiger partial charge is 0.450 e. The molecule has 0 aromatic heterocycles. The number of benzene rings is 1. The van der Waals surface area contributed by atoms with Crippen LogP contribution in [0.1, 0.15) is 23.2 Å². The first-order chi connectivity index (χ1) is 10.8. The zero-order chi connectivity index (χ0) is 17.0. The van der Waals surface area contributed by atoms with Gasteiger partial charge in [0.2, 0.25) is 5.78 Å². The monoisotopic (exact) mass is 328 g/mol. The number of nitrogens with one attached hydrogen (secondary N) is 2. The number of ether oxygens (including phenoxy) is 1. The lowest BCUT2D eigenvalue weighted by atomic mass is 10.0. The predicted molar refractivity (Wildman–Crippen MR) is 75.5 cm³/mol. The maximum Gasteiger partial charge on any atom is 0.450 e. The van der Waals surface area contributed by atoms with Crippen LogP contribution in [0.5, 0.6) is 5.75 Å². The van der Waals surface area contributed by atoms with Crippen molar-refractivity contribution in [3.05, 3.63) is 41.6 Å². The summed E-state index contributed by atoms with van der Waals surface area (Å²) in [7, 11) is 1.45. The summed E-state index contributed by atoms with van der Waals surface area (Å²) in [4.78, 5) is 23.3. The van der Waals surface area contributed by atoms with Gasteiger partial charge in [0.1, 0.15) is 5.75 Å². The number of methoxy groups -OCH3 is 1. The van der Waals surface area contributed by atoms with Crippen molar-refractivity contribution in [2.24, 2.45) is 5.92 Å². The van der Waals surface area contributed by atoms with Gasteiger partial charge in [0, 0.05) is 11.3 Å². The molecule has 124 valence electrons. The van der Waals surface area contributed by atoms with Crippen molar-refractivity contribution < 1.29 is 27.5 Å². The SMILES string of the molecule is COc1cccc(C(=O)NNC2=CCC[C@H]2C(=O)C(F)(F)F)c1. The molecule has 23 heavy (non-hydrogen) atoms. The van der Waals surface area contributed by atoms with Gasteiger partial charge in [-0.05, 0) is 31.0 Å². The van der Waals surface area contributed by atoms with Crippen LogP contribution >= 0.6 is 0 Å². The highest BCUT2D eigenvalue weighted by atomic mass is 19.4. The van der Waals surface area contributed by atoms with E-state index in [9.17, 15) is 22.8 Å². The molecule has 0 spiro atoms. The number of carbonyl (C=O) groups is 2. The molecule has 0 fully saturated rings. The van der Waals surface area contributed by atoms with Crippen LogP contribution in [0.4, 0.5) is 13.2 Å². The lowest BCUT2D eigenvalue weighted by Gasteiger charge is -2.17. The topological polar surface area (TPSA) is 67.4 Å². The molecule has 1 amide bonds. The number of Topliss-reactive ketones (excluding diaryl/α,β-unsaturated/α-hetero) is 1. The first-order valence-corrected chi connectivity index (χ1v) is 6.84. The Morgan fingerprint density at radius 1 is 1.30 bits per heavy atom. The fraction of sp³-hybridized carbons (Fsp3) is 0.333. The molecule has 1 aromatic carbocycles. The van der Waals surface area contributed by atoms with Crippen LogP contribution in [0.3, 0.4) is 0 Å². The second-order valence-electron chi connectivity index (χ2n) is 4.96. The highest BCUT2D eigenvalue weighted by molar-refractivity contribution is 5.94. The summed E-state index contributed by atoms with van der Waals surface area (Å²) in [6.07, 6.45) is -3.02. The number of ketones is 1. The third-order valence-corrected chi connectivity index (χ3v) is 3.44. The van der Waals surface area contributed by atoms with Gasteiger partial charge in [0.05, 0.1) is 13.0 Å². The molecule has 0 radical (unpaired) electrons. The van der Waals surface area contributed by atoms with Crippen molar-refractivity contribution in [1.82, 2.24) is 10.9 Å². The Morgan fingerprint density at radius 2 is 2.04 bits per heavy atom. The zero-order valence-corrected chi connectivity index (χ0v) is 12.2. The average Bonchev–Trinajstić information content (AvgIpc) is 2.99. The molecule has 2 rings (SSSR count). The normalized spacial score (nSPS) is 17.4. The van der Waals surface area contributed by atoms with E-state index in [4.69, 9.17) is 4.74 Å². The number of carbonyl (C=O) groups excluding carboxylic acids is 2. The number of halogens is 3. The minimum absolute atomic E-state index is 0.0589. The maximum atomic E-state index is 12.5. The lowest BCUT2D eigenvalue weighted by Crippen LogP contribution is -2.41. The van der Waals surface area contributed by atoms with E-state index in [-0.39, 0.29) is 17.7 Å². The summed E-state index contributed by atoms with van der Waals surface area (Å²) in [5, 5.41) is 0. The largest absolute Gasteiger partial charge is 0.497 e. The van der Waals surface area contributed by atoms with Crippen molar-refractivity contribution in [3.63, 3.8) is 0 Å². The molecule has 0 heterocycles. The van der Waals surface area contributed by atoms with Crippen molar-refractivity contribution in [2.75, 3.05) is 7.11 Å². The number of rotatable bonds is 5. The molecule has 1 aliphatic carbocycles. The van der Waals surface area contributed by atoms with Gasteiger partial charge in [-0.25, -0.2) is 0 Å². The van der Waals surface area contributed by atoms with Crippen LogP contribution in [0.25, 0.3) is 0 Å². The maximum absolute atomic E-state index is 12.5. The van der Waals surface area contributed by atoms with Crippen LogP contribution in [-0.4, -0.2) is 25.0 Å². The van der Waals surface area contributed by atoms with Crippen molar-refractivity contribution in [3.8, 4) is 5.75 Å². The van der Waals surface area contributed by atoms with Crippen LogP contribution in [0.2, 0.25) is 0 Å². The zero-order valence-electron chi connectivity index (χ0n) is 12.2. The number of hydrazine groups is 1. The van der Waals surface area contributed by atoms with Crippen LogP contribution < -0.4 is 15.6 Å². The number of allylic oxidation sites excluding steroid dienone is 2. The summed E-state index contributed by atoms with van der Waals surface area (Å²) >= 11 is 0. The first-order valence-electron chi connectivity index (χ1n) is 6.84. The Hall–Kier alpha value is -2.51. The van der Waals surface area contributed by atoms with E-state index in [2.05, 4.69) is 10.9 Å². The number of alkyl halides is 3. The van der Waals surface area contributed by atoms with Crippen LogP contribution in [0.15, 0.2) is 36.0 Å². The third-order valence-electron chi connectivity index (χ3n) is 3.44. The molecular weight excluding hydrogens is 313 g/mol. The van der Waals surface area contributed by atoms with Crippen LogP contribution in [0, 0.1) is 5.92 Å². The quantitative estimate of drug-likeness (QED) is 0.814. The van der Waals surface area contributed by atoms with E-state index >= 15 is 0 Å². The Balaban J connectivity index is 1.99. The van der Waals surface area contributed by atoms with Crippen molar-refractivity contribution in [2.45, 2.75) is 19.0 Å². The number of amides is 1. The minimum atomic E-state index is -4.90. The molecule has 8 heteroatoms. The van der Waals surface area contributed by atoms with Gasteiger partial charge in [-0.2, -0.15) is 13.2 Å². The molecule has 0 saturated heterocycles. The summed E-state index contributed by atoms with van der Waals surface area (Å²) in [6, 6.07) is 6.28. The standard InChI is InChI=1S/C15H15F3N2O3/c1-23-10-5-2-4-9(8-10)14(22)20-19-12-7-3-6-11(12)13(21)15(16,17)18/h2,4-5,7-8,11,19H,3,6H2,1H3,(H,20,22)/t11-/m1/s1. The van der Waals surface area contributed by atoms with Crippen molar-refractivity contribution in [1.29, 1.82) is 0 Å². The summed E-state index contributed by atoms with van der Waals surface area (Å²) < 4.78 is 42.5. The first kappa shape index (κ1) is 16.9. The predicted octanol–water partition coefficient (Wildman–Crippen LogP) is 2.35. The highest BCUT2D eigenvalue weighted by Crippen LogP contribution is 2.31. The molecule has 5 nitrogen and oxygen atoms in total. The molecule has 1 aliphatic rings. The van der Waals surface area contributed by atoms with E-state index < -0.39 is 23.8 Å². The summed E-state index contributed by atoms with van der Waals surface area (Å²) in [5.74, 6) is -3.19. The lowest BCUT2D eigenvalue weighted by molar-refractivity contribution is -0.174. The fourth-order valence-electron chi connectivity index (χ4n) is 2.28.